The SMILES string of the molecule is CCCCCCCCC(C)COc1nc2nc3c4ccc5c(=O)n6c(nc7nc(OCC(C)CCCCCCCC)sc76)c6ccc(c(=O)n3c2s1)c4c56. The fourth-order valence-corrected chi connectivity index (χ4v) is 9.70. The molecule has 0 saturated carbocycles. The van der Waals surface area contributed by atoms with Gasteiger partial charge in [0, 0.05) is 32.3 Å². The predicted molar refractivity (Wildman–Crippen MR) is 223 cm³/mol. The zero-order chi connectivity index (χ0) is 37.3. The van der Waals surface area contributed by atoms with Crippen LogP contribution in [0.1, 0.15) is 118 Å². The Hall–Kier alpha value is -4.16. The lowest BCUT2D eigenvalue weighted by molar-refractivity contribution is 0.248. The summed E-state index contributed by atoms with van der Waals surface area (Å²) in [6, 6.07) is 7.51. The zero-order valence-electron chi connectivity index (χ0n) is 31.9. The minimum absolute atomic E-state index is 0.188. The summed E-state index contributed by atoms with van der Waals surface area (Å²) in [5, 5.41) is 5.16. The highest BCUT2D eigenvalue weighted by molar-refractivity contribution is 7.20. The second-order valence-corrected chi connectivity index (χ2v) is 17.3. The van der Waals surface area contributed by atoms with Crippen LogP contribution in [0.3, 0.4) is 0 Å². The van der Waals surface area contributed by atoms with Crippen molar-refractivity contribution in [2.45, 2.75) is 118 Å². The van der Waals surface area contributed by atoms with Crippen LogP contribution in [0.2, 0.25) is 0 Å². The van der Waals surface area contributed by atoms with Gasteiger partial charge in [-0.25, -0.2) is 18.8 Å². The Bertz CT molecular complexity index is 2480. The molecule has 6 heterocycles. The van der Waals surface area contributed by atoms with Crippen molar-refractivity contribution in [3.63, 3.8) is 0 Å². The number of thiazole rings is 2. The molecule has 8 aromatic rings. The maximum Gasteiger partial charge on any atom is 0.277 e. The van der Waals surface area contributed by atoms with E-state index in [9.17, 15) is 9.59 Å². The van der Waals surface area contributed by atoms with E-state index in [1.54, 1.807) is 8.80 Å². The smallest absolute Gasteiger partial charge is 0.277 e. The number of benzene rings is 2. The Kier molecular flexibility index (Phi) is 10.8. The van der Waals surface area contributed by atoms with Gasteiger partial charge in [0.05, 0.1) is 13.2 Å². The van der Waals surface area contributed by atoms with E-state index in [0.29, 0.717) is 78.5 Å². The summed E-state index contributed by atoms with van der Waals surface area (Å²) in [6.07, 6.45) is 17.6. The standard InChI is InChI=1S/C42H50N6O4S2/c1-5-7-9-11-13-15-17-25(3)23-51-41-45-33-39(53-41)47-35(43-33)27-19-22-30-32-28(20-21-29(31(27)32)37(47)49)36-44-34-40(48(36)38(30)50)54-42(46-34)52-24-26(4)18-16-14-12-10-8-6-2/h19-22,25-26H,5-18,23-24H2,1-4H3. The number of rotatable bonds is 20. The molecule has 0 fully saturated rings. The Morgan fingerprint density at radius 2 is 0.944 bits per heavy atom. The molecule has 8 rings (SSSR count). The molecule has 0 saturated heterocycles. The Labute approximate surface area is 322 Å². The van der Waals surface area contributed by atoms with E-state index in [0.717, 1.165) is 34.4 Å². The monoisotopic (exact) mass is 766 g/mol. The summed E-state index contributed by atoms with van der Waals surface area (Å²) >= 11 is 2.71. The molecule has 2 aromatic carbocycles. The minimum Gasteiger partial charge on any atom is -0.470 e. The first kappa shape index (κ1) is 36.8. The molecule has 0 aliphatic carbocycles. The summed E-state index contributed by atoms with van der Waals surface area (Å²) in [4.78, 5) is 48.8. The molecule has 6 aromatic heterocycles. The Balaban J connectivity index is 1.05. The summed E-state index contributed by atoms with van der Waals surface area (Å²) in [5.74, 6) is 0.844. The third-order valence-electron chi connectivity index (χ3n) is 11.0. The molecule has 0 amide bonds. The highest BCUT2D eigenvalue weighted by atomic mass is 32.1. The summed E-state index contributed by atoms with van der Waals surface area (Å²) in [6.45, 7) is 10.1. The van der Waals surface area contributed by atoms with Crippen LogP contribution in [0.25, 0.3) is 64.6 Å². The van der Waals surface area contributed by atoms with Crippen LogP contribution in [0.15, 0.2) is 33.9 Å². The zero-order valence-corrected chi connectivity index (χ0v) is 33.5. The predicted octanol–water partition coefficient (Wildman–Crippen LogP) is 10.8. The van der Waals surface area contributed by atoms with Gasteiger partial charge in [0.25, 0.3) is 21.5 Å². The first-order chi connectivity index (χ1) is 26.4. The van der Waals surface area contributed by atoms with Gasteiger partial charge in [0.15, 0.2) is 32.2 Å². The van der Waals surface area contributed by atoms with Crippen molar-refractivity contribution in [1.82, 2.24) is 28.7 Å². The topological polar surface area (TPSA) is 113 Å². The van der Waals surface area contributed by atoms with E-state index < -0.39 is 0 Å². The van der Waals surface area contributed by atoms with Gasteiger partial charge in [-0.05, 0) is 48.9 Å². The molecule has 0 aliphatic rings. The van der Waals surface area contributed by atoms with Crippen molar-refractivity contribution in [3.8, 4) is 10.4 Å². The van der Waals surface area contributed by atoms with Crippen molar-refractivity contribution in [3.05, 3.63) is 45.0 Å². The van der Waals surface area contributed by atoms with Crippen molar-refractivity contribution in [2.75, 3.05) is 13.2 Å². The molecule has 2 atom stereocenters. The first-order valence-corrected chi connectivity index (χ1v) is 21.7. The number of nitrogens with zero attached hydrogens (tertiary/aromatic N) is 6. The van der Waals surface area contributed by atoms with Crippen molar-refractivity contribution >= 4 is 87.2 Å². The molecule has 0 aliphatic heterocycles. The van der Waals surface area contributed by atoms with Gasteiger partial charge in [-0.3, -0.25) is 9.59 Å². The maximum atomic E-state index is 14.2. The second-order valence-electron chi connectivity index (χ2n) is 15.4. The van der Waals surface area contributed by atoms with E-state index in [2.05, 4.69) is 37.7 Å². The van der Waals surface area contributed by atoms with Gasteiger partial charge >= 0.3 is 0 Å². The van der Waals surface area contributed by atoms with E-state index in [-0.39, 0.29) is 11.1 Å². The molecular weight excluding hydrogens is 717 g/mol. The van der Waals surface area contributed by atoms with Gasteiger partial charge in [-0.1, -0.05) is 127 Å². The average molecular weight is 767 g/mol. The maximum absolute atomic E-state index is 14.2. The van der Waals surface area contributed by atoms with Crippen LogP contribution >= 0.6 is 22.7 Å². The highest BCUT2D eigenvalue weighted by Gasteiger charge is 2.25. The van der Waals surface area contributed by atoms with Crippen LogP contribution < -0.4 is 20.6 Å². The van der Waals surface area contributed by atoms with Gasteiger partial charge < -0.3 is 9.47 Å². The summed E-state index contributed by atoms with van der Waals surface area (Å²) < 4.78 is 15.5. The number of hydrogen-bond acceptors (Lipinski definition) is 10. The van der Waals surface area contributed by atoms with E-state index in [4.69, 9.17) is 19.4 Å². The van der Waals surface area contributed by atoms with Crippen LogP contribution in [-0.4, -0.2) is 42.0 Å². The molecule has 0 spiro atoms. The number of aromatic nitrogens is 6. The van der Waals surface area contributed by atoms with Gasteiger partial charge in [0.1, 0.15) is 0 Å². The van der Waals surface area contributed by atoms with Crippen molar-refractivity contribution in [2.24, 2.45) is 11.8 Å². The van der Waals surface area contributed by atoms with E-state index in [1.807, 2.05) is 24.3 Å². The number of imidazole rings is 2. The first-order valence-electron chi connectivity index (χ1n) is 20.1. The number of hydrogen-bond donors (Lipinski definition) is 0. The van der Waals surface area contributed by atoms with E-state index in [1.165, 1.54) is 99.7 Å². The average Bonchev–Trinajstić information content (AvgIpc) is 3.93. The lowest BCUT2D eigenvalue weighted by Gasteiger charge is -2.12. The van der Waals surface area contributed by atoms with Crippen LogP contribution in [-0.2, 0) is 0 Å². The quantitative estimate of drug-likeness (QED) is 0.0556. The van der Waals surface area contributed by atoms with Crippen molar-refractivity contribution in [1.29, 1.82) is 0 Å². The molecule has 0 radical (unpaired) electrons. The molecular formula is C42H50N6O4S2. The Morgan fingerprint density at radius 3 is 1.37 bits per heavy atom. The summed E-state index contributed by atoms with van der Waals surface area (Å²) in [5.41, 5.74) is 1.67. The molecule has 284 valence electrons. The third kappa shape index (κ3) is 6.84. The molecule has 0 bridgehead atoms. The normalized spacial score (nSPS) is 13.6. The molecule has 0 N–H and O–H groups in total. The number of pyridine rings is 2. The van der Waals surface area contributed by atoms with Crippen molar-refractivity contribution < 1.29 is 9.47 Å². The highest BCUT2D eigenvalue weighted by Crippen LogP contribution is 2.39. The van der Waals surface area contributed by atoms with Crippen LogP contribution in [0, 0.1) is 11.8 Å². The lowest BCUT2D eigenvalue weighted by atomic mass is 9.96. The lowest BCUT2D eigenvalue weighted by Crippen LogP contribution is -2.16. The molecule has 2 unspecified atom stereocenters. The summed E-state index contributed by atoms with van der Waals surface area (Å²) in [7, 11) is 0. The minimum atomic E-state index is -0.188. The van der Waals surface area contributed by atoms with Gasteiger partial charge in [-0.2, -0.15) is 9.97 Å². The van der Waals surface area contributed by atoms with Crippen LogP contribution in [0.5, 0.6) is 10.4 Å². The fraction of sp³-hybridized carbons (Fsp3) is 0.524. The number of ether oxygens (including phenoxy) is 2. The van der Waals surface area contributed by atoms with Gasteiger partial charge in [-0.15, -0.1) is 0 Å². The Morgan fingerprint density at radius 1 is 0.556 bits per heavy atom. The second kappa shape index (κ2) is 15.9. The van der Waals surface area contributed by atoms with E-state index >= 15 is 0 Å². The fourth-order valence-electron chi connectivity index (χ4n) is 7.97. The van der Waals surface area contributed by atoms with Crippen LogP contribution in [0.4, 0.5) is 0 Å². The third-order valence-corrected chi connectivity index (χ3v) is 12.9. The number of fused-ring (bicyclic) bond motifs is 8. The number of unbranched alkanes of at least 4 members (excludes halogenated alkanes) is 10. The molecule has 54 heavy (non-hydrogen) atoms. The molecule has 10 nitrogen and oxygen atoms in total. The largest absolute Gasteiger partial charge is 0.470 e. The molecule has 12 heteroatoms. The van der Waals surface area contributed by atoms with Gasteiger partial charge in [0.2, 0.25) is 0 Å².